The molecule has 0 bridgehead atoms. The Morgan fingerprint density at radius 1 is 1.31 bits per heavy atom. The lowest BCUT2D eigenvalue weighted by atomic mass is 10.1. The first kappa shape index (κ1) is 21.1. The van der Waals surface area contributed by atoms with Crippen molar-refractivity contribution >= 4 is 44.9 Å². The summed E-state index contributed by atoms with van der Waals surface area (Å²) in [5.41, 5.74) is 2.70. The van der Waals surface area contributed by atoms with Gasteiger partial charge >= 0.3 is 0 Å². The van der Waals surface area contributed by atoms with E-state index in [1.807, 2.05) is 35.9 Å². The monoisotopic (exact) mass is 431 g/mol. The number of carbonyl (C=O) groups is 1. The maximum absolute atomic E-state index is 12.6. The molecule has 1 heterocycles. The van der Waals surface area contributed by atoms with E-state index in [-0.39, 0.29) is 18.0 Å². The molecule has 0 atom stereocenters. The van der Waals surface area contributed by atoms with E-state index in [0.717, 1.165) is 32.8 Å². The van der Waals surface area contributed by atoms with Crippen LogP contribution in [0.5, 0.6) is 5.75 Å². The Morgan fingerprint density at radius 2 is 2.10 bits per heavy atom. The standard InChI is InChI=1S/C20H21N3O4S2/c1-13-10-14(4-7-17(13)27-2)11-19(24)21-20-22(8-9-28-3)16-6-5-15(23(25)26)12-18(16)29-20/h4-7,10,12H,8-9,11H2,1-3H3. The number of fused-ring (bicyclic) bond motifs is 1. The number of methoxy groups -OCH3 is 1. The molecule has 9 heteroatoms. The number of ether oxygens (including phenoxy) is 1. The molecule has 0 spiro atoms. The number of thioether (sulfide) groups is 1. The van der Waals surface area contributed by atoms with Gasteiger partial charge in [0, 0.05) is 24.4 Å². The summed E-state index contributed by atoms with van der Waals surface area (Å²) >= 11 is 2.98. The van der Waals surface area contributed by atoms with Crippen molar-refractivity contribution in [3.05, 3.63) is 62.4 Å². The number of rotatable bonds is 7. The Balaban J connectivity index is 1.97. The zero-order valence-electron chi connectivity index (χ0n) is 16.4. The minimum absolute atomic E-state index is 0.0300. The largest absolute Gasteiger partial charge is 0.496 e. The summed E-state index contributed by atoms with van der Waals surface area (Å²) in [5, 5.41) is 11.1. The number of aromatic nitrogens is 1. The molecule has 0 saturated carbocycles. The van der Waals surface area contributed by atoms with Crippen molar-refractivity contribution in [2.45, 2.75) is 19.9 Å². The molecule has 0 aliphatic heterocycles. The zero-order chi connectivity index (χ0) is 21.0. The van der Waals surface area contributed by atoms with Crippen LogP contribution >= 0.6 is 23.1 Å². The number of hydrogen-bond acceptors (Lipinski definition) is 6. The summed E-state index contributed by atoms with van der Waals surface area (Å²) in [7, 11) is 1.61. The van der Waals surface area contributed by atoms with Crippen LogP contribution in [0.2, 0.25) is 0 Å². The molecule has 1 aromatic heterocycles. The van der Waals surface area contributed by atoms with E-state index in [2.05, 4.69) is 4.99 Å². The maximum Gasteiger partial charge on any atom is 0.270 e. The van der Waals surface area contributed by atoms with Crippen molar-refractivity contribution in [1.82, 2.24) is 4.57 Å². The second-order valence-electron chi connectivity index (χ2n) is 6.42. The molecule has 0 aliphatic rings. The second-order valence-corrected chi connectivity index (χ2v) is 8.42. The quantitative estimate of drug-likeness (QED) is 0.417. The fourth-order valence-corrected chi connectivity index (χ4v) is 4.50. The first-order valence-corrected chi connectivity index (χ1v) is 11.1. The van der Waals surface area contributed by atoms with Gasteiger partial charge in [-0.05, 0) is 36.4 Å². The number of benzene rings is 2. The molecule has 3 aromatic rings. The summed E-state index contributed by atoms with van der Waals surface area (Å²) < 4.78 is 7.95. The number of non-ortho nitro benzene ring substituents is 1. The number of nitro benzene ring substituents is 1. The summed E-state index contributed by atoms with van der Waals surface area (Å²) in [6.07, 6.45) is 2.19. The molecule has 0 unspecified atom stereocenters. The fraction of sp³-hybridized carbons (Fsp3) is 0.300. The Kier molecular flexibility index (Phi) is 6.71. The van der Waals surface area contributed by atoms with Gasteiger partial charge in [0.2, 0.25) is 0 Å². The minimum Gasteiger partial charge on any atom is -0.496 e. The molecule has 3 rings (SSSR count). The van der Waals surface area contributed by atoms with Crippen molar-refractivity contribution in [3.8, 4) is 5.75 Å². The van der Waals surface area contributed by atoms with Gasteiger partial charge in [-0.3, -0.25) is 14.9 Å². The van der Waals surface area contributed by atoms with E-state index >= 15 is 0 Å². The molecular weight excluding hydrogens is 410 g/mol. The molecule has 152 valence electrons. The van der Waals surface area contributed by atoms with Gasteiger partial charge in [-0.15, -0.1) is 0 Å². The Labute approximate surface area is 176 Å². The first-order valence-electron chi connectivity index (χ1n) is 8.90. The minimum atomic E-state index is -0.417. The molecule has 0 N–H and O–H groups in total. The van der Waals surface area contributed by atoms with Crippen LogP contribution in [0.1, 0.15) is 11.1 Å². The number of amides is 1. The van der Waals surface area contributed by atoms with Crippen LogP contribution in [0.15, 0.2) is 41.4 Å². The third-order valence-electron chi connectivity index (χ3n) is 4.43. The number of carbonyl (C=O) groups excluding carboxylic acids is 1. The van der Waals surface area contributed by atoms with E-state index in [9.17, 15) is 14.9 Å². The van der Waals surface area contributed by atoms with Gasteiger partial charge in [0.05, 0.1) is 28.7 Å². The normalized spacial score (nSPS) is 11.8. The maximum atomic E-state index is 12.6. The van der Waals surface area contributed by atoms with Crippen LogP contribution in [0, 0.1) is 17.0 Å². The summed E-state index contributed by atoms with van der Waals surface area (Å²) in [4.78, 5) is 28.1. The van der Waals surface area contributed by atoms with Crippen molar-refractivity contribution in [2.75, 3.05) is 19.1 Å². The molecule has 0 saturated heterocycles. The summed E-state index contributed by atoms with van der Waals surface area (Å²) in [6, 6.07) is 10.4. The van der Waals surface area contributed by atoms with Crippen molar-refractivity contribution in [1.29, 1.82) is 0 Å². The van der Waals surface area contributed by atoms with Gasteiger partial charge in [0.1, 0.15) is 5.75 Å². The zero-order valence-corrected chi connectivity index (χ0v) is 18.0. The lowest BCUT2D eigenvalue weighted by molar-refractivity contribution is -0.384. The van der Waals surface area contributed by atoms with Gasteiger partial charge in [0.15, 0.2) is 4.80 Å². The average Bonchev–Trinajstić information content (AvgIpc) is 3.02. The van der Waals surface area contributed by atoms with Crippen LogP contribution in [-0.2, 0) is 17.8 Å². The Hall–Kier alpha value is -2.65. The highest BCUT2D eigenvalue weighted by Crippen LogP contribution is 2.24. The van der Waals surface area contributed by atoms with E-state index in [1.54, 1.807) is 24.9 Å². The first-order chi connectivity index (χ1) is 13.9. The van der Waals surface area contributed by atoms with E-state index in [0.29, 0.717) is 11.3 Å². The molecule has 0 fully saturated rings. The van der Waals surface area contributed by atoms with E-state index < -0.39 is 4.92 Å². The van der Waals surface area contributed by atoms with Gasteiger partial charge in [0.25, 0.3) is 11.6 Å². The van der Waals surface area contributed by atoms with E-state index in [1.165, 1.54) is 23.5 Å². The molecule has 2 aromatic carbocycles. The number of nitrogens with zero attached hydrogens (tertiary/aromatic N) is 3. The van der Waals surface area contributed by atoms with Gasteiger partial charge in [-0.25, -0.2) is 0 Å². The highest BCUT2D eigenvalue weighted by molar-refractivity contribution is 7.98. The Morgan fingerprint density at radius 3 is 2.76 bits per heavy atom. The van der Waals surface area contributed by atoms with Gasteiger partial charge < -0.3 is 9.30 Å². The molecule has 29 heavy (non-hydrogen) atoms. The second kappa shape index (κ2) is 9.23. The fourth-order valence-electron chi connectivity index (χ4n) is 3.03. The van der Waals surface area contributed by atoms with Crippen LogP contribution in [-0.4, -0.2) is 34.5 Å². The van der Waals surface area contributed by atoms with Crippen molar-refractivity contribution in [3.63, 3.8) is 0 Å². The molecule has 0 radical (unpaired) electrons. The highest BCUT2D eigenvalue weighted by Gasteiger charge is 2.13. The number of thiazole rings is 1. The molecule has 1 amide bonds. The van der Waals surface area contributed by atoms with E-state index in [4.69, 9.17) is 4.74 Å². The van der Waals surface area contributed by atoms with Crippen molar-refractivity contribution in [2.24, 2.45) is 4.99 Å². The summed E-state index contributed by atoms with van der Waals surface area (Å²) in [6.45, 7) is 2.60. The third-order valence-corrected chi connectivity index (χ3v) is 6.06. The van der Waals surface area contributed by atoms with Crippen molar-refractivity contribution < 1.29 is 14.5 Å². The van der Waals surface area contributed by atoms with Crippen LogP contribution in [0.3, 0.4) is 0 Å². The summed E-state index contributed by atoms with van der Waals surface area (Å²) in [5.74, 6) is 1.37. The average molecular weight is 432 g/mol. The van der Waals surface area contributed by atoms with Gasteiger partial charge in [-0.2, -0.15) is 16.8 Å². The topological polar surface area (TPSA) is 86.7 Å². The molecular formula is C20H21N3O4S2. The highest BCUT2D eigenvalue weighted by atomic mass is 32.2. The molecule has 7 nitrogen and oxygen atoms in total. The lowest BCUT2D eigenvalue weighted by Crippen LogP contribution is -2.18. The lowest BCUT2D eigenvalue weighted by Gasteiger charge is -2.06. The Bertz CT molecular complexity index is 1130. The smallest absolute Gasteiger partial charge is 0.270 e. The van der Waals surface area contributed by atoms with Crippen LogP contribution in [0.25, 0.3) is 10.2 Å². The number of aryl methyl sites for hydroxylation is 2. The van der Waals surface area contributed by atoms with Gasteiger partial charge in [-0.1, -0.05) is 23.5 Å². The third kappa shape index (κ3) is 4.86. The predicted molar refractivity (Wildman–Crippen MR) is 117 cm³/mol. The van der Waals surface area contributed by atoms with Crippen LogP contribution in [0.4, 0.5) is 5.69 Å². The predicted octanol–water partition coefficient (Wildman–Crippen LogP) is 3.96. The number of nitro groups is 1. The SMILES string of the molecule is COc1ccc(CC(=O)N=c2sc3cc([N+](=O)[O-])ccc3n2CCSC)cc1C. The van der Waals surface area contributed by atoms with Crippen LogP contribution < -0.4 is 9.54 Å². The number of hydrogen-bond donors (Lipinski definition) is 0. The molecule has 0 aliphatic carbocycles.